The molecule has 1 aromatic rings. The van der Waals surface area contributed by atoms with E-state index in [0.29, 0.717) is 5.56 Å². The molecule has 0 aromatic heterocycles. The lowest BCUT2D eigenvalue weighted by atomic mass is 10.1. The molecule has 1 aromatic carbocycles. The number of nitrogens with one attached hydrogen (secondary N) is 1. The normalized spacial score (nSPS) is 13.5. The highest BCUT2D eigenvalue weighted by Gasteiger charge is 2.34. The molecule has 0 aliphatic rings. The maximum Gasteiger partial charge on any atom is 0.439 e. The van der Waals surface area contributed by atoms with Gasteiger partial charge in [-0.1, -0.05) is 12.1 Å². The Bertz CT molecular complexity index is 549. The van der Waals surface area contributed by atoms with Crippen molar-refractivity contribution in [3.63, 3.8) is 0 Å². The number of carboxylic acids is 1. The van der Waals surface area contributed by atoms with Crippen LogP contribution in [-0.2, 0) is 25.0 Å². The van der Waals surface area contributed by atoms with E-state index in [-0.39, 0.29) is 12.2 Å². The molecule has 1 atom stereocenters. The van der Waals surface area contributed by atoms with Gasteiger partial charge in [0.15, 0.2) is 0 Å². The summed E-state index contributed by atoms with van der Waals surface area (Å²) in [5, 5.41) is 23.4. The van der Waals surface area contributed by atoms with E-state index in [0.717, 1.165) is 10.1 Å². The lowest BCUT2D eigenvalue weighted by molar-refractivity contribution is -0.139. The van der Waals surface area contributed by atoms with Crippen LogP contribution in [-0.4, -0.2) is 60.5 Å². The van der Waals surface area contributed by atoms with E-state index in [4.69, 9.17) is 9.25 Å². The maximum absolute atomic E-state index is 12.7. The Morgan fingerprint density at radius 3 is 2.04 bits per heavy atom. The van der Waals surface area contributed by atoms with Crippen LogP contribution in [0.2, 0.25) is 0 Å². The number of hydrogen-bond acceptors (Lipinski definition) is 7. The van der Waals surface area contributed by atoms with Gasteiger partial charge in [-0.25, -0.2) is 18.9 Å². The van der Waals surface area contributed by atoms with E-state index in [2.05, 4.69) is 5.09 Å². The summed E-state index contributed by atoms with van der Waals surface area (Å²) in [6.07, 6.45) is 0.0349. The molecule has 130 valence electrons. The monoisotopic (exact) mass is 347 g/mol. The molecule has 1 rings (SSSR count). The van der Waals surface area contributed by atoms with Gasteiger partial charge in [0.25, 0.3) is 0 Å². The zero-order valence-electron chi connectivity index (χ0n) is 13.5. The second-order valence-electron chi connectivity index (χ2n) is 5.18. The zero-order chi connectivity index (χ0) is 17.6. The van der Waals surface area contributed by atoms with Gasteiger partial charge >= 0.3 is 13.7 Å². The Labute approximate surface area is 134 Å². The fourth-order valence-electron chi connectivity index (χ4n) is 1.74. The lowest BCUT2D eigenvalue weighted by Crippen LogP contribution is -2.39. The quantitative estimate of drug-likeness (QED) is 0.446. The summed E-state index contributed by atoms with van der Waals surface area (Å²) in [5.74, 6) is -1.13. The lowest BCUT2D eigenvalue weighted by Gasteiger charge is -2.26. The van der Waals surface area contributed by atoms with Crippen LogP contribution in [0.3, 0.4) is 0 Å². The summed E-state index contributed by atoms with van der Waals surface area (Å²) in [6, 6.07) is 4.85. The van der Waals surface area contributed by atoms with Crippen molar-refractivity contribution in [2.45, 2.75) is 12.5 Å². The standard InChI is InChI=1S/C13H22N3O6P/c1-15(2)21-23(20,22-16(3)4)14-12(13(18)19)9-10-5-7-11(17)8-6-10/h5-8,12,17H,9H2,1-4H3,(H,14,20)(H,18,19)/t12-/m0/s1. The minimum atomic E-state index is -3.92. The van der Waals surface area contributed by atoms with Crippen LogP contribution < -0.4 is 5.09 Å². The molecule has 0 aliphatic carbocycles. The van der Waals surface area contributed by atoms with Gasteiger partial charge < -0.3 is 10.2 Å². The fraction of sp³-hybridized carbons (Fsp3) is 0.462. The van der Waals surface area contributed by atoms with Crippen LogP contribution >= 0.6 is 7.75 Å². The number of nitrogens with zero attached hydrogens (tertiary/aromatic N) is 2. The highest BCUT2D eigenvalue weighted by atomic mass is 31.2. The van der Waals surface area contributed by atoms with E-state index in [1.807, 2.05) is 0 Å². The molecule has 0 amide bonds. The Morgan fingerprint density at radius 1 is 1.17 bits per heavy atom. The first-order valence-corrected chi connectivity index (χ1v) is 8.28. The zero-order valence-corrected chi connectivity index (χ0v) is 14.4. The van der Waals surface area contributed by atoms with Crippen LogP contribution in [0.4, 0.5) is 0 Å². The molecule has 0 unspecified atom stereocenters. The predicted molar refractivity (Wildman–Crippen MR) is 83.5 cm³/mol. The molecule has 0 bridgehead atoms. The number of phenolic OH excluding ortho intramolecular Hbond substituents is 1. The molecule has 0 spiro atoms. The van der Waals surface area contributed by atoms with Crippen molar-refractivity contribution in [2.75, 3.05) is 28.2 Å². The van der Waals surface area contributed by atoms with Crippen molar-refractivity contribution in [3.8, 4) is 5.75 Å². The number of rotatable bonds is 9. The van der Waals surface area contributed by atoms with Crippen molar-refractivity contribution in [1.29, 1.82) is 0 Å². The molecule has 23 heavy (non-hydrogen) atoms. The molecule has 3 N–H and O–H groups in total. The molecule has 9 nitrogen and oxygen atoms in total. The molecule has 0 saturated carbocycles. The number of benzene rings is 1. The Kier molecular flexibility index (Phi) is 7.14. The van der Waals surface area contributed by atoms with Crippen molar-refractivity contribution in [2.24, 2.45) is 0 Å². The molecule has 0 saturated heterocycles. The highest BCUT2D eigenvalue weighted by molar-refractivity contribution is 7.51. The van der Waals surface area contributed by atoms with Gasteiger partial charge in [-0.2, -0.15) is 10.1 Å². The van der Waals surface area contributed by atoms with Gasteiger partial charge in [-0.15, -0.1) is 0 Å². The average Bonchev–Trinajstić information content (AvgIpc) is 2.38. The van der Waals surface area contributed by atoms with Gasteiger partial charge in [0.05, 0.1) is 0 Å². The maximum atomic E-state index is 12.7. The second-order valence-corrected chi connectivity index (χ2v) is 6.76. The minimum absolute atomic E-state index is 0.0349. The van der Waals surface area contributed by atoms with Crippen LogP contribution in [0, 0.1) is 0 Å². The van der Waals surface area contributed by atoms with Gasteiger partial charge in [-0.3, -0.25) is 4.79 Å². The molecule has 10 heteroatoms. The van der Waals surface area contributed by atoms with Crippen molar-refractivity contribution >= 4 is 13.7 Å². The number of aromatic hydroxyl groups is 1. The minimum Gasteiger partial charge on any atom is -0.508 e. The summed E-state index contributed by atoms with van der Waals surface area (Å²) >= 11 is 0. The second kappa shape index (κ2) is 8.39. The Hall–Kier alpha value is -1.48. The molecule has 0 radical (unpaired) electrons. The predicted octanol–water partition coefficient (Wildman–Crippen LogP) is 1.07. The van der Waals surface area contributed by atoms with E-state index >= 15 is 0 Å². The average molecular weight is 347 g/mol. The van der Waals surface area contributed by atoms with Gasteiger partial charge in [-0.05, 0) is 24.1 Å². The van der Waals surface area contributed by atoms with Gasteiger partial charge in [0.2, 0.25) is 0 Å². The van der Waals surface area contributed by atoms with E-state index in [1.165, 1.54) is 40.3 Å². The molecule has 0 heterocycles. The largest absolute Gasteiger partial charge is 0.508 e. The van der Waals surface area contributed by atoms with Crippen molar-refractivity contribution in [1.82, 2.24) is 15.2 Å². The number of hydrogen-bond donors (Lipinski definition) is 3. The van der Waals surface area contributed by atoms with E-state index < -0.39 is 19.8 Å². The summed E-state index contributed by atoms with van der Waals surface area (Å²) in [7, 11) is 2.10. The molecule has 0 aliphatic heterocycles. The summed E-state index contributed by atoms with van der Waals surface area (Å²) in [5.41, 5.74) is 0.643. The Balaban J connectivity index is 2.92. The summed E-state index contributed by atoms with van der Waals surface area (Å²) < 4.78 is 22.8. The molecule has 0 fully saturated rings. The number of aliphatic carboxylic acids is 1. The van der Waals surface area contributed by atoms with Crippen LogP contribution in [0.5, 0.6) is 5.75 Å². The number of carbonyl (C=O) groups is 1. The number of phenols is 1. The third-order valence-corrected chi connectivity index (χ3v) is 4.24. The summed E-state index contributed by atoms with van der Waals surface area (Å²) in [4.78, 5) is 11.4. The summed E-state index contributed by atoms with van der Waals surface area (Å²) in [6.45, 7) is 0. The third kappa shape index (κ3) is 7.08. The fourth-order valence-corrected chi connectivity index (χ4v) is 3.31. The SMILES string of the molecule is CN(C)OP(=O)(N[C@@H](Cc1ccc(O)cc1)C(=O)O)ON(C)C. The molecular weight excluding hydrogens is 325 g/mol. The first-order valence-electron chi connectivity index (χ1n) is 6.74. The number of hydroxylamine groups is 4. The van der Waals surface area contributed by atoms with E-state index in [1.54, 1.807) is 12.1 Å². The van der Waals surface area contributed by atoms with Gasteiger partial charge in [0, 0.05) is 28.2 Å². The van der Waals surface area contributed by atoms with Crippen molar-refractivity contribution < 1.29 is 28.8 Å². The topological polar surface area (TPSA) is 112 Å². The third-order valence-electron chi connectivity index (χ3n) is 2.53. The van der Waals surface area contributed by atoms with Crippen LogP contribution in [0.1, 0.15) is 5.56 Å². The highest BCUT2D eigenvalue weighted by Crippen LogP contribution is 2.45. The van der Waals surface area contributed by atoms with Crippen LogP contribution in [0.25, 0.3) is 0 Å². The first-order chi connectivity index (χ1) is 10.6. The van der Waals surface area contributed by atoms with Gasteiger partial charge in [0.1, 0.15) is 11.8 Å². The number of carboxylic acid groups (broad SMARTS) is 1. The van der Waals surface area contributed by atoms with Crippen molar-refractivity contribution in [3.05, 3.63) is 29.8 Å². The van der Waals surface area contributed by atoms with E-state index in [9.17, 15) is 19.6 Å². The van der Waals surface area contributed by atoms with Crippen LogP contribution in [0.15, 0.2) is 24.3 Å². The smallest absolute Gasteiger partial charge is 0.439 e. The Morgan fingerprint density at radius 2 is 1.65 bits per heavy atom. The first kappa shape index (κ1) is 19.6. The molecular formula is C13H22N3O6P.